The third kappa shape index (κ3) is 4.33. The van der Waals surface area contributed by atoms with Gasteiger partial charge in [0, 0.05) is 31.1 Å². The second kappa shape index (κ2) is 10.2. The summed E-state index contributed by atoms with van der Waals surface area (Å²) in [4.78, 5) is 39.0. The lowest BCUT2D eigenvalue weighted by atomic mass is 10.00. The molecule has 1 amide bonds. The molecule has 1 aliphatic rings. The van der Waals surface area contributed by atoms with Crippen LogP contribution in [0, 0.1) is 23.0 Å². The summed E-state index contributed by atoms with van der Waals surface area (Å²) in [7, 11) is 0. The first-order valence-corrected chi connectivity index (χ1v) is 12.6. The Morgan fingerprint density at radius 2 is 2.08 bits per heavy atom. The topological polar surface area (TPSA) is 133 Å². The number of halogens is 2. The van der Waals surface area contributed by atoms with E-state index in [1.165, 1.54) is 44.4 Å². The summed E-state index contributed by atoms with van der Waals surface area (Å²) >= 11 is 0. The number of carbonyl (C=O) groups is 1. The molecule has 2 aromatic carbocycles. The molecule has 1 aliphatic heterocycles. The van der Waals surface area contributed by atoms with Crippen LogP contribution in [-0.4, -0.2) is 47.7 Å². The number of aryl methyl sites for hydroxylation is 1. The van der Waals surface area contributed by atoms with Crippen LogP contribution in [0.2, 0.25) is 0 Å². The third-order valence-electron chi connectivity index (χ3n) is 6.84. The molecule has 0 radical (unpaired) electrons. The van der Waals surface area contributed by atoms with Crippen molar-refractivity contribution >= 4 is 28.1 Å². The first-order chi connectivity index (χ1) is 19.5. The third-order valence-corrected chi connectivity index (χ3v) is 6.84. The quantitative estimate of drug-likeness (QED) is 0.312. The van der Waals surface area contributed by atoms with Gasteiger partial charge in [0.15, 0.2) is 17.2 Å². The molecule has 0 aliphatic carbocycles. The number of carbonyl (C=O) groups excluding carboxylic acids is 1. The molecule has 13 heteroatoms. The minimum Gasteiger partial charge on any atom is -0.490 e. The molecule has 3 aromatic heterocycles. The maximum absolute atomic E-state index is 14.6. The van der Waals surface area contributed by atoms with Gasteiger partial charge in [0.2, 0.25) is 11.9 Å². The van der Waals surface area contributed by atoms with E-state index in [2.05, 4.69) is 15.3 Å². The Bertz CT molecular complexity index is 1870. The second-order valence-electron chi connectivity index (χ2n) is 9.28. The largest absolute Gasteiger partial charge is 0.490 e. The molecule has 0 saturated carbocycles. The molecule has 0 fully saturated rings. The lowest BCUT2D eigenvalue weighted by molar-refractivity contribution is -0.120. The van der Waals surface area contributed by atoms with Gasteiger partial charge in [0.1, 0.15) is 24.1 Å². The van der Waals surface area contributed by atoms with Crippen LogP contribution in [-0.2, 0) is 11.3 Å². The summed E-state index contributed by atoms with van der Waals surface area (Å²) in [5, 5.41) is 11.3. The predicted octanol–water partition coefficient (Wildman–Crippen LogP) is 3.00. The number of rotatable bonds is 7. The predicted molar refractivity (Wildman–Crippen MR) is 139 cm³/mol. The molecule has 0 bridgehead atoms. The van der Waals surface area contributed by atoms with Gasteiger partial charge < -0.3 is 10.1 Å². The average molecular weight is 545 g/mol. The van der Waals surface area contributed by atoms with Gasteiger partial charge in [-0.2, -0.15) is 10.2 Å². The summed E-state index contributed by atoms with van der Waals surface area (Å²) < 4.78 is 38.8. The van der Waals surface area contributed by atoms with Crippen molar-refractivity contribution in [1.29, 1.82) is 5.26 Å². The van der Waals surface area contributed by atoms with E-state index in [-0.39, 0.29) is 43.5 Å². The number of imidazole rings is 2. The highest BCUT2D eigenvalue weighted by Gasteiger charge is 2.30. The summed E-state index contributed by atoms with van der Waals surface area (Å²) in [5.41, 5.74) is 1.90. The molecule has 0 saturated heterocycles. The van der Waals surface area contributed by atoms with Crippen molar-refractivity contribution in [3.63, 3.8) is 0 Å². The molecule has 4 heterocycles. The van der Waals surface area contributed by atoms with Crippen LogP contribution in [0.25, 0.3) is 28.1 Å². The molecule has 5 aromatic rings. The Balaban J connectivity index is 1.47. The Hall–Kier alpha value is -5.12. The zero-order valence-electron chi connectivity index (χ0n) is 21.0. The maximum atomic E-state index is 14.6. The first-order valence-electron chi connectivity index (χ1n) is 12.6. The van der Waals surface area contributed by atoms with E-state index in [9.17, 15) is 18.4 Å². The smallest absolute Gasteiger partial charge is 0.330 e. The lowest BCUT2D eigenvalue weighted by Gasteiger charge is -2.26. The standard InChI is InChI=1S/C27H22F2N8O3/c28-16-5-6-19-21(13-16)36(15-33-19)26-32-14-22-25(34-26)37(20-8-12-40-24-17(20)3-1-4-18(24)29)27(39)35(22)11-2-10-31-23(38)7-9-30/h1,3-6,13-15,20H,2,7-8,10-12H2,(H,31,38)/t20-/m1/s1. The average Bonchev–Trinajstić information content (AvgIpc) is 3.48. The summed E-state index contributed by atoms with van der Waals surface area (Å²) in [6.07, 6.45) is 3.55. The number of hydrogen-bond acceptors (Lipinski definition) is 7. The number of aromatic nitrogens is 6. The number of nitriles is 1. The maximum Gasteiger partial charge on any atom is 0.330 e. The zero-order valence-corrected chi connectivity index (χ0v) is 21.0. The Kier molecular flexibility index (Phi) is 6.43. The van der Waals surface area contributed by atoms with Gasteiger partial charge in [-0.05, 0) is 24.6 Å². The van der Waals surface area contributed by atoms with Gasteiger partial charge in [-0.1, -0.05) is 12.1 Å². The molecule has 1 N–H and O–H groups in total. The number of amides is 1. The van der Waals surface area contributed by atoms with Crippen LogP contribution in [0.5, 0.6) is 5.75 Å². The van der Waals surface area contributed by atoms with Crippen LogP contribution in [0.4, 0.5) is 8.78 Å². The summed E-state index contributed by atoms with van der Waals surface area (Å²) in [5.74, 6) is -1.08. The molecule has 0 unspecified atom stereocenters. The molecular formula is C27H22F2N8O3. The molecule has 1 atom stereocenters. The number of benzene rings is 2. The minimum absolute atomic E-state index is 0.0945. The zero-order chi connectivity index (χ0) is 27.8. The number of hydrogen-bond donors (Lipinski definition) is 1. The molecule has 202 valence electrons. The van der Waals surface area contributed by atoms with Crippen LogP contribution in [0.3, 0.4) is 0 Å². The number of nitrogens with one attached hydrogen (secondary N) is 1. The normalized spacial score (nSPS) is 14.6. The van der Waals surface area contributed by atoms with E-state index >= 15 is 0 Å². The highest BCUT2D eigenvalue weighted by atomic mass is 19.1. The molecule has 0 spiro atoms. The SMILES string of the molecule is N#CCC(=O)NCCCn1c(=O)n([C@@H]2CCOc3c(F)cccc32)c2nc(-n3cnc4ccc(F)cc43)ncc21. The van der Waals surface area contributed by atoms with Gasteiger partial charge in [-0.25, -0.2) is 23.5 Å². The summed E-state index contributed by atoms with van der Waals surface area (Å²) in [6.45, 7) is 0.693. The van der Waals surface area contributed by atoms with Gasteiger partial charge in [0.05, 0.1) is 35.9 Å². The van der Waals surface area contributed by atoms with E-state index < -0.39 is 23.6 Å². The van der Waals surface area contributed by atoms with Gasteiger partial charge in [0.25, 0.3) is 0 Å². The molecular weight excluding hydrogens is 522 g/mol. The van der Waals surface area contributed by atoms with Crippen LogP contribution in [0.15, 0.2) is 53.7 Å². The number of ether oxygens (including phenoxy) is 1. The fourth-order valence-corrected chi connectivity index (χ4v) is 5.04. The van der Waals surface area contributed by atoms with Crippen molar-refractivity contribution < 1.29 is 18.3 Å². The Labute approximate surface area is 225 Å². The van der Waals surface area contributed by atoms with Gasteiger partial charge in [-0.3, -0.25) is 18.5 Å². The lowest BCUT2D eigenvalue weighted by Crippen LogP contribution is -2.32. The second-order valence-corrected chi connectivity index (χ2v) is 9.28. The highest BCUT2D eigenvalue weighted by Crippen LogP contribution is 2.37. The van der Waals surface area contributed by atoms with E-state index in [1.807, 2.05) is 0 Å². The fourth-order valence-electron chi connectivity index (χ4n) is 5.04. The minimum atomic E-state index is -0.564. The molecule has 6 rings (SSSR count). The Morgan fingerprint density at radius 3 is 2.92 bits per heavy atom. The fraction of sp³-hybridized carbons (Fsp3) is 0.259. The first kappa shape index (κ1) is 25.2. The van der Waals surface area contributed by atoms with Crippen molar-refractivity contribution in [2.24, 2.45) is 0 Å². The van der Waals surface area contributed by atoms with Crippen molar-refractivity contribution in [3.8, 4) is 17.8 Å². The van der Waals surface area contributed by atoms with Crippen molar-refractivity contribution in [3.05, 3.63) is 76.6 Å². The van der Waals surface area contributed by atoms with Gasteiger partial charge >= 0.3 is 5.69 Å². The van der Waals surface area contributed by atoms with E-state index in [0.717, 1.165) is 0 Å². The van der Waals surface area contributed by atoms with Crippen LogP contribution in [0.1, 0.15) is 30.9 Å². The number of fused-ring (bicyclic) bond motifs is 3. The Morgan fingerprint density at radius 1 is 1.20 bits per heavy atom. The highest BCUT2D eigenvalue weighted by molar-refractivity contribution is 5.78. The number of nitrogens with zero attached hydrogens (tertiary/aromatic N) is 7. The van der Waals surface area contributed by atoms with Crippen molar-refractivity contribution in [2.75, 3.05) is 13.2 Å². The van der Waals surface area contributed by atoms with Crippen LogP contribution < -0.4 is 15.7 Å². The van der Waals surface area contributed by atoms with Gasteiger partial charge in [-0.15, -0.1) is 0 Å². The number of para-hydroxylation sites is 1. The van der Waals surface area contributed by atoms with Crippen molar-refractivity contribution in [2.45, 2.75) is 31.8 Å². The van der Waals surface area contributed by atoms with E-state index in [4.69, 9.17) is 15.0 Å². The molecule has 11 nitrogen and oxygen atoms in total. The monoisotopic (exact) mass is 544 g/mol. The van der Waals surface area contributed by atoms with Crippen molar-refractivity contribution in [1.82, 2.24) is 34.0 Å². The molecule has 40 heavy (non-hydrogen) atoms. The van der Waals surface area contributed by atoms with E-state index in [1.54, 1.807) is 24.3 Å². The van der Waals surface area contributed by atoms with E-state index in [0.29, 0.717) is 40.6 Å². The van der Waals surface area contributed by atoms with Crippen LogP contribution >= 0.6 is 0 Å². The summed E-state index contributed by atoms with van der Waals surface area (Å²) in [6, 6.07) is 10.0.